The van der Waals surface area contributed by atoms with E-state index in [4.69, 9.17) is 35.4 Å². The number of H-pyrrole nitrogens is 1. The van der Waals surface area contributed by atoms with Gasteiger partial charge < -0.3 is 4.98 Å². The number of halogens is 2. The highest BCUT2D eigenvalue weighted by molar-refractivity contribution is 7.71. The Bertz CT molecular complexity index is 608. The van der Waals surface area contributed by atoms with Gasteiger partial charge in [-0.1, -0.05) is 42.3 Å². The summed E-state index contributed by atoms with van der Waals surface area (Å²) in [5, 5.41) is 1.21. The number of rotatable bonds is 2. The Morgan fingerprint density at radius 1 is 1.29 bits per heavy atom. The number of nitrogens with zero attached hydrogens (tertiary/aromatic N) is 1. The Hall–Kier alpha value is -0.900. The molecule has 0 aliphatic heterocycles. The minimum absolute atomic E-state index is 0.557. The number of nitrogens with one attached hydrogen (secondary N) is 1. The average Bonchev–Trinajstić information content (AvgIpc) is 2.28. The summed E-state index contributed by atoms with van der Waals surface area (Å²) >= 11 is 17.1. The van der Waals surface area contributed by atoms with Crippen LogP contribution in [-0.2, 0) is 6.42 Å². The van der Waals surface area contributed by atoms with Crippen LogP contribution in [0.15, 0.2) is 24.3 Å². The van der Waals surface area contributed by atoms with Crippen LogP contribution in [-0.4, -0.2) is 9.97 Å². The van der Waals surface area contributed by atoms with E-state index in [9.17, 15) is 0 Å². The van der Waals surface area contributed by atoms with Crippen LogP contribution in [0.4, 0.5) is 0 Å². The van der Waals surface area contributed by atoms with Crippen molar-refractivity contribution in [1.29, 1.82) is 0 Å². The summed E-state index contributed by atoms with van der Waals surface area (Å²) in [6.07, 6.45) is 0.794. The first-order valence-corrected chi connectivity index (χ1v) is 6.32. The van der Waals surface area contributed by atoms with Crippen molar-refractivity contribution in [2.75, 3.05) is 0 Å². The number of aryl methyl sites for hydroxylation is 1. The van der Waals surface area contributed by atoms with E-state index < -0.39 is 0 Å². The molecular formula is C12H10Cl2N2S. The van der Waals surface area contributed by atoms with Crippen LogP contribution in [0, 0.1) is 4.64 Å². The molecule has 2 rings (SSSR count). The number of aromatic nitrogens is 2. The lowest BCUT2D eigenvalue weighted by Crippen LogP contribution is -1.95. The fraction of sp³-hybridized carbons (Fsp3) is 0.167. The molecule has 0 bridgehead atoms. The molecule has 0 saturated heterocycles. The highest BCUT2D eigenvalue weighted by Crippen LogP contribution is 2.29. The summed E-state index contributed by atoms with van der Waals surface area (Å²) in [6.45, 7) is 2.01. The molecule has 1 heterocycles. The first-order valence-electron chi connectivity index (χ1n) is 5.16. The van der Waals surface area contributed by atoms with Crippen molar-refractivity contribution < 1.29 is 0 Å². The second-order valence-electron chi connectivity index (χ2n) is 3.56. The van der Waals surface area contributed by atoms with E-state index in [1.54, 1.807) is 18.2 Å². The van der Waals surface area contributed by atoms with Crippen molar-refractivity contribution in [1.82, 2.24) is 9.97 Å². The van der Waals surface area contributed by atoms with Crippen molar-refractivity contribution in [3.8, 4) is 11.3 Å². The molecular weight excluding hydrogens is 275 g/mol. The van der Waals surface area contributed by atoms with Gasteiger partial charge in [0.2, 0.25) is 0 Å². The van der Waals surface area contributed by atoms with E-state index in [0.717, 1.165) is 23.5 Å². The summed E-state index contributed by atoms with van der Waals surface area (Å²) < 4.78 is 0.557. The molecule has 0 spiro atoms. The fourth-order valence-electron chi connectivity index (χ4n) is 1.53. The van der Waals surface area contributed by atoms with Crippen LogP contribution in [0.2, 0.25) is 10.0 Å². The maximum Gasteiger partial charge on any atom is 0.130 e. The average molecular weight is 285 g/mol. The molecule has 0 amide bonds. The Labute approximate surface area is 115 Å². The van der Waals surface area contributed by atoms with Gasteiger partial charge in [-0.3, -0.25) is 0 Å². The van der Waals surface area contributed by atoms with Crippen LogP contribution < -0.4 is 0 Å². The molecule has 0 aliphatic carbocycles. The number of hydrogen-bond acceptors (Lipinski definition) is 2. The summed E-state index contributed by atoms with van der Waals surface area (Å²) in [4.78, 5) is 7.42. The van der Waals surface area contributed by atoms with Crippen molar-refractivity contribution in [2.45, 2.75) is 13.3 Å². The lowest BCUT2D eigenvalue weighted by atomic mass is 10.1. The van der Waals surface area contributed by atoms with Crippen molar-refractivity contribution in [3.63, 3.8) is 0 Å². The number of aromatic amines is 1. The second kappa shape index (κ2) is 5.17. The molecule has 2 nitrogen and oxygen atoms in total. The molecule has 88 valence electrons. The molecule has 0 radical (unpaired) electrons. The van der Waals surface area contributed by atoms with E-state index in [1.807, 2.05) is 13.0 Å². The minimum atomic E-state index is 0.557. The van der Waals surface area contributed by atoms with Crippen LogP contribution >= 0.6 is 35.4 Å². The van der Waals surface area contributed by atoms with Gasteiger partial charge in [0.15, 0.2) is 0 Å². The van der Waals surface area contributed by atoms with Gasteiger partial charge in [0, 0.05) is 17.0 Å². The summed E-state index contributed by atoms with van der Waals surface area (Å²) in [5.41, 5.74) is 1.74. The quantitative estimate of drug-likeness (QED) is 0.812. The zero-order chi connectivity index (χ0) is 12.4. The molecule has 1 N–H and O–H groups in total. The zero-order valence-corrected chi connectivity index (χ0v) is 11.5. The normalized spacial score (nSPS) is 10.5. The first kappa shape index (κ1) is 12.6. The van der Waals surface area contributed by atoms with E-state index in [0.29, 0.717) is 14.7 Å². The Morgan fingerprint density at radius 2 is 2.06 bits per heavy atom. The standard InChI is InChI=1S/C12H10Cl2N2S/c1-2-11-15-10(6-12(17)16-11)8-4-3-7(13)5-9(8)14/h3-6H,2H2,1H3,(H,15,16,17). The lowest BCUT2D eigenvalue weighted by molar-refractivity contribution is 0.936. The van der Waals surface area contributed by atoms with Crippen molar-refractivity contribution in [2.24, 2.45) is 0 Å². The molecule has 0 saturated carbocycles. The Kier molecular flexibility index (Phi) is 3.82. The maximum absolute atomic E-state index is 6.15. The highest BCUT2D eigenvalue weighted by atomic mass is 35.5. The van der Waals surface area contributed by atoms with E-state index in [-0.39, 0.29) is 0 Å². The Balaban J connectivity index is 2.60. The van der Waals surface area contributed by atoms with Gasteiger partial charge in [-0.15, -0.1) is 0 Å². The molecule has 17 heavy (non-hydrogen) atoms. The molecule has 0 atom stereocenters. The number of benzene rings is 1. The molecule has 1 aromatic heterocycles. The van der Waals surface area contributed by atoms with Gasteiger partial charge >= 0.3 is 0 Å². The predicted molar refractivity (Wildman–Crippen MR) is 74.3 cm³/mol. The SMILES string of the molecule is CCc1nc(=S)cc(-c2ccc(Cl)cc2Cl)[nH]1. The van der Waals surface area contributed by atoms with Gasteiger partial charge in [0.25, 0.3) is 0 Å². The van der Waals surface area contributed by atoms with Crippen molar-refractivity contribution >= 4 is 35.4 Å². The third-order valence-electron chi connectivity index (χ3n) is 2.35. The summed E-state index contributed by atoms with van der Waals surface area (Å²) in [6, 6.07) is 7.17. The summed E-state index contributed by atoms with van der Waals surface area (Å²) in [5.74, 6) is 0.846. The molecule has 2 aromatic rings. The van der Waals surface area contributed by atoms with Crippen LogP contribution in [0.5, 0.6) is 0 Å². The van der Waals surface area contributed by atoms with Gasteiger partial charge in [-0.2, -0.15) is 0 Å². The maximum atomic E-state index is 6.15. The smallest absolute Gasteiger partial charge is 0.130 e. The highest BCUT2D eigenvalue weighted by Gasteiger charge is 2.06. The first-order chi connectivity index (χ1) is 8.10. The molecule has 0 fully saturated rings. The van der Waals surface area contributed by atoms with Gasteiger partial charge in [0.05, 0.1) is 10.7 Å². The van der Waals surface area contributed by atoms with E-state index in [1.165, 1.54) is 0 Å². The van der Waals surface area contributed by atoms with Gasteiger partial charge in [0.1, 0.15) is 10.5 Å². The largest absolute Gasteiger partial charge is 0.343 e. The van der Waals surface area contributed by atoms with Crippen LogP contribution in [0.1, 0.15) is 12.7 Å². The minimum Gasteiger partial charge on any atom is -0.343 e. The summed E-state index contributed by atoms with van der Waals surface area (Å²) in [7, 11) is 0. The molecule has 5 heteroatoms. The van der Waals surface area contributed by atoms with Crippen LogP contribution in [0.3, 0.4) is 0 Å². The van der Waals surface area contributed by atoms with E-state index in [2.05, 4.69) is 9.97 Å². The van der Waals surface area contributed by atoms with E-state index >= 15 is 0 Å². The third-order valence-corrected chi connectivity index (χ3v) is 3.11. The van der Waals surface area contributed by atoms with Gasteiger partial charge in [-0.05, 0) is 24.3 Å². The van der Waals surface area contributed by atoms with Gasteiger partial charge in [-0.25, -0.2) is 4.98 Å². The lowest BCUT2D eigenvalue weighted by Gasteiger charge is -2.07. The second-order valence-corrected chi connectivity index (χ2v) is 4.82. The monoisotopic (exact) mass is 284 g/mol. The zero-order valence-electron chi connectivity index (χ0n) is 9.13. The Morgan fingerprint density at radius 3 is 2.71 bits per heavy atom. The molecule has 0 aliphatic rings. The fourth-order valence-corrected chi connectivity index (χ4v) is 2.27. The third kappa shape index (κ3) is 2.86. The topological polar surface area (TPSA) is 28.7 Å². The van der Waals surface area contributed by atoms with Crippen LogP contribution in [0.25, 0.3) is 11.3 Å². The molecule has 0 unspecified atom stereocenters. The van der Waals surface area contributed by atoms with Crippen molar-refractivity contribution in [3.05, 3.63) is 44.8 Å². The molecule has 1 aromatic carbocycles. The predicted octanol–water partition coefficient (Wildman–Crippen LogP) is 4.68. The number of hydrogen-bond donors (Lipinski definition) is 1.